The average molecular weight is 386 g/mol. The Kier molecular flexibility index (Phi) is 5.72. The molecule has 6 heteroatoms. The molecule has 0 fully saturated rings. The minimum atomic E-state index is 0.00533. The van der Waals surface area contributed by atoms with Gasteiger partial charge in [0.15, 0.2) is 0 Å². The van der Waals surface area contributed by atoms with E-state index in [9.17, 15) is 9.59 Å². The zero-order chi connectivity index (χ0) is 18.6. The van der Waals surface area contributed by atoms with Crippen LogP contribution in [0.2, 0.25) is 0 Å². The van der Waals surface area contributed by atoms with E-state index in [0.717, 1.165) is 35.9 Å². The third-order valence-electron chi connectivity index (χ3n) is 5.67. The summed E-state index contributed by atoms with van der Waals surface area (Å²) in [7, 11) is 0. The van der Waals surface area contributed by atoms with Gasteiger partial charge < -0.3 is 5.32 Å². The fourth-order valence-electron chi connectivity index (χ4n) is 4.14. The number of aromatic nitrogens is 2. The van der Waals surface area contributed by atoms with Crippen molar-refractivity contribution in [2.75, 3.05) is 6.54 Å². The molecule has 2 aliphatic rings. The van der Waals surface area contributed by atoms with Crippen molar-refractivity contribution < 1.29 is 4.79 Å². The van der Waals surface area contributed by atoms with E-state index in [1.807, 2.05) is 0 Å². The van der Waals surface area contributed by atoms with Crippen LogP contribution in [0.4, 0.5) is 0 Å². The number of carbonyl (C=O) groups is 1. The third kappa shape index (κ3) is 4.15. The lowest BCUT2D eigenvalue weighted by atomic mass is 9.97. The summed E-state index contributed by atoms with van der Waals surface area (Å²) < 4.78 is 1.60. The molecule has 2 aromatic rings. The number of nitrogens with one attached hydrogen (secondary N) is 1. The second-order valence-corrected chi connectivity index (χ2v) is 8.68. The first kappa shape index (κ1) is 18.4. The first-order valence-corrected chi connectivity index (χ1v) is 11.0. The Bertz CT molecular complexity index is 925. The normalized spacial score (nSPS) is 16.8. The molecule has 0 radical (unpaired) electrons. The van der Waals surface area contributed by atoms with E-state index >= 15 is 0 Å². The van der Waals surface area contributed by atoms with Crippen LogP contribution in [0.15, 0.2) is 22.8 Å². The quantitative estimate of drug-likeness (QED) is 0.771. The molecule has 0 aromatic carbocycles. The van der Waals surface area contributed by atoms with Gasteiger partial charge in [0.05, 0.1) is 11.7 Å². The zero-order valence-corrected chi connectivity index (χ0v) is 16.6. The summed E-state index contributed by atoms with van der Waals surface area (Å²) in [6, 6.07) is 0. The highest BCUT2D eigenvalue weighted by atomic mass is 32.1. The summed E-state index contributed by atoms with van der Waals surface area (Å²) in [6.07, 6.45) is 14.5. The highest BCUT2D eigenvalue weighted by Gasteiger charge is 2.20. The van der Waals surface area contributed by atoms with Crippen molar-refractivity contribution in [3.05, 3.63) is 38.8 Å². The summed E-state index contributed by atoms with van der Waals surface area (Å²) in [4.78, 5) is 31.7. The Morgan fingerprint density at radius 1 is 1.19 bits per heavy atom. The summed E-state index contributed by atoms with van der Waals surface area (Å²) in [5.41, 5.74) is 2.69. The van der Waals surface area contributed by atoms with Crippen molar-refractivity contribution in [3.63, 3.8) is 0 Å². The molecule has 0 saturated heterocycles. The van der Waals surface area contributed by atoms with Crippen LogP contribution in [-0.2, 0) is 24.2 Å². The SMILES string of the molecule is O=C(CCn1cnc2sc3c(c2c1=O)CCCC3)NCCC1=CCCCC1. The van der Waals surface area contributed by atoms with E-state index in [-0.39, 0.29) is 11.5 Å². The van der Waals surface area contributed by atoms with Crippen LogP contribution in [0.5, 0.6) is 0 Å². The Morgan fingerprint density at radius 2 is 2.04 bits per heavy atom. The predicted molar refractivity (Wildman–Crippen MR) is 109 cm³/mol. The van der Waals surface area contributed by atoms with Crippen LogP contribution in [-0.4, -0.2) is 22.0 Å². The fraction of sp³-hybridized carbons (Fsp3) is 0.571. The molecular weight excluding hydrogens is 358 g/mol. The minimum absolute atomic E-state index is 0.00533. The van der Waals surface area contributed by atoms with E-state index in [1.165, 1.54) is 48.1 Å². The van der Waals surface area contributed by atoms with Gasteiger partial charge in [-0.2, -0.15) is 0 Å². The van der Waals surface area contributed by atoms with E-state index in [0.29, 0.717) is 19.5 Å². The molecule has 0 spiro atoms. The maximum Gasteiger partial charge on any atom is 0.262 e. The first-order chi connectivity index (χ1) is 13.2. The lowest BCUT2D eigenvalue weighted by Crippen LogP contribution is -2.28. The maximum atomic E-state index is 12.9. The van der Waals surface area contributed by atoms with Crippen molar-refractivity contribution in [3.8, 4) is 0 Å². The molecule has 2 aromatic heterocycles. The molecule has 5 nitrogen and oxygen atoms in total. The van der Waals surface area contributed by atoms with Gasteiger partial charge in [-0.3, -0.25) is 14.2 Å². The average Bonchev–Trinajstić information content (AvgIpc) is 3.07. The van der Waals surface area contributed by atoms with Crippen LogP contribution in [0.25, 0.3) is 10.2 Å². The number of allylic oxidation sites excluding steroid dienone is 1. The molecule has 144 valence electrons. The van der Waals surface area contributed by atoms with Gasteiger partial charge >= 0.3 is 0 Å². The fourth-order valence-corrected chi connectivity index (χ4v) is 5.36. The number of carbonyl (C=O) groups excluding carboxylic acids is 1. The molecule has 0 bridgehead atoms. The van der Waals surface area contributed by atoms with E-state index in [4.69, 9.17) is 0 Å². The van der Waals surface area contributed by atoms with Gasteiger partial charge in [-0.15, -0.1) is 11.3 Å². The van der Waals surface area contributed by atoms with Crippen molar-refractivity contribution in [2.24, 2.45) is 0 Å². The Balaban J connectivity index is 1.36. The Morgan fingerprint density at radius 3 is 2.89 bits per heavy atom. The predicted octanol–water partition coefficient (Wildman–Crippen LogP) is 3.73. The molecule has 0 saturated carbocycles. The van der Waals surface area contributed by atoms with Gasteiger partial charge in [-0.25, -0.2) is 4.98 Å². The topological polar surface area (TPSA) is 64.0 Å². The number of thiophene rings is 1. The molecule has 4 rings (SSSR count). The van der Waals surface area contributed by atoms with E-state index < -0.39 is 0 Å². The van der Waals surface area contributed by atoms with Crippen LogP contribution in [0.3, 0.4) is 0 Å². The second kappa shape index (κ2) is 8.38. The molecule has 1 N–H and O–H groups in total. The zero-order valence-electron chi connectivity index (χ0n) is 15.8. The second-order valence-electron chi connectivity index (χ2n) is 7.59. The molecule has 2 heterocycles. The molecule has 1 amide bonds. The smallest absolute Gasteiger partial charge is 0.262 e. The monoisotopic (exact) mass is 385 g/mol. The molecule has 27 heavy (non-hydrogen) atoms. The first-order valence-electron chi connectivity index (χ1n) is 10.2. The standard InChI is InChI=1S/C21H27N3O2S/c25-18(22-12-10-15-6-2-1-3-7-15)11-13-24-14-23-20-19(21(24)26)16-8-4-5-9-17(16)27-20/h6,14H,1-5,7-13H2,(H,22,25). The highest BCUT2D eigenvalue weighted by Crippen LogP contribution is 2.33. The summed E-state index contributed by atoms with van der Waals surface area (Å²) in [5.74, 6) is 0.00533. The number of aryl methyl sites for hydroxylation is 3. The highest BCUT2D eigenvalue weighted by molar-refractivity contribution is 7.18. The van der Waals surface area contributed by atoms with Crippen molar-refractivity contribution >= 4 is 27.5 Å². The Labute approximate surface area is 163 Å². The lowest BCUT2D eigenvalue weighted by molar-refractivity contribution is -0.121. The molecule has 2 aliphatic carbocycles. The van der Waals surface area contributed by atoms with Crippen molar-refractivity contribution in [2.45, 2.75) is 70.8 Å². The van der Waals surface area contributed by atoms with Crippen LogP contribution >= 0.6 is 11.3 Å². The number of amides is 1. The van der Waals surface area contributed by atoms with Gasteiger partial charge in [0.25, 0.3) is 5.56 Å². The van der Waals surface area contributed by atoms with Gasteiger partial charge in [-0.1, -0.05) is 11.6 Å². The molecule has 0 unspecified atom stereocenters. The molecule has 0 atom stereocenters. The maximum absolute atomic E-state index is 12.9. The van der Waals surface area contributed by atoms with Gasteiger partial charge in [0.2, 0.25) is 5.91 Å². The number of hydrogen-bond donors (Lipinski definition) is 1. The van der Waals surface area contributed by atoms with E-state index in [2.05, 4.69) is 16.4 Å². The van der Waals surface area contributed by atoms with Gasteiger partial charge in [0, 0.05) is 24.4 Å². The Hall–Kier alpha value is -1.95. The number of hydrogen-bond acceptors (Lipinski definition) is 4. The lowest BCUT2D eigenvalue weighted by Gasteiger charge is -2.13. The van der Waals surface area contributed by atoms with Gasteiger partial charge in [0.1, 0.15) is 4.83 Å². The minimum Gasteiger partial charge on any atom is -0.356 e. The van der Waals surface area contributed by atoms with Crippen molar-refractivity contribution in [1.29, 1.82) is 0 Å². The van der Waals surface area contributed by atoms with Crippen molar-refractivity contribution in [1.82, 2.24) is 14.9 Å². The van der Waals surface area contributed by atoms with E-state index in [1.54, 1.807) is 22.2 Å². The number of rotatable bonds is 6. The summed E-state index contributed by atoms with van der Waals surface area (Å²) in [5, 5.41) is 3.78. The summed E-state index contributed by atoms with van der Waals surface area (Å²) >= 11 is 1.66. The van der Waals surface area contributed by atoms with Crippen LogP contribution < -0.4 is 10.9 Å². The third-order valence-corrected chi connectivity index (χ3v) is 6.87. The largest absolute Gasteiger partial charge is 0.356 e. The van der Waals surface area contributed by atoms with Gasteiger partial charge in [-0.05, 0) is 63.4 Å². The molecule has 0 aliphatic heterocycles. The molecular formula is C21H27N3O2S. The van der Waals surface area contributed by atoms with Crippen LogP contribution in [0.1, 0.15) is 61.8 Å². The summed E-state index contributed by atoms with van der Waals surface area (Å²) in [6.45, 7) is 1.08. The van der Waals surface area contributed by atoms with Crippen LogP contribution in [0, 0.1) is 0 Å². The number of fused-ring (bicyclic) bond motifs is 3. The number of nitrogens with zero attached hydrogens (tertiary/aromatic N) is 2.